The van der Waals surface area contributed by atoms with E-state index in [0.29, 0.717) is 46.7 Å². The Balaban J connectivity index is 1.39. The fraction of sp³-hybridized carbons (Fsp3) is 0.114. The molecule has 0 bridgehead atoms. The molecule has 0 aromatic heterocycles. The van der Waals surface area contributed by atoms with E-state index in [9.17, 15) is 14.9 Å². The minimum absolute atomic E-state index is 0.127. The first-order valence-corrected chi connectivity index (χ1v) is 14.7. The van der Waals surface area contributed by atoms with Gasteiger partial charge < -0.3 is 14.5 Å². The monoisotopic (exact) mass is 623 g/mol. The highest BCUT2D eigenvalue weighted by Gasteiger charge is 2.39. The van der Waals surface area contributed by atoms with Crippen molar-refractivity contribution in [2.24, 2.45) is 0 Å². The maximum absolute atomic E-state index is 14.2. The van der Waals surface area contributed by atoms with Crippen molar-refractivity contribution in [2.75, 3.05) is 4.90 Å². The van der Waals surface area contributed by atoms with Crippen LogP contribution in [0.3, 0.4) is 0 Å². The quantitative estimate of drug-likeness (QED) is 0.121. The van der Waals surface area contributed by atoms with Crippen LogP contribution in [0.15, 0.2) is 121 Å². The highest BCUT2D eigenvalue weighted by molar-refractivity contribution is 6.42. The first-order valence-electron chi connectivity index (χ1n) is 14.0. The van der Waals surface area contributed by atoms with Gasteiger partial charge in [-0.2, -0.15) is 0 Å². The molecule has 9 heteroatoms. The molecule has 7 nitrogen and oxygen atoms in total. The van der Waals surface area contributed by atoms with Crippen LogP contribution in [0.5, 0.6) is 5.75 Å². The van der Waals surface area contributed by atoms with Gasteiger partial charge >= 0.3 is 0 Å². The molecule has 44 heavy (non-hydrogen) atoms. The summed E-state index contributed by atoms with van der Waals surface area (Å²) < 4.78 is 6.03. The first-order chi connectivity index (χ1) is 21.4. The Morgan fingerprint density at radius 1 is 0.705 bits per heavy atom. The highest BCUT2D eigenvalue weighted by atomic mass is 35.5. The largest absolute Gasteiger partial charge is 0.489 e. The lowest BCUT2D eigenvalue weighted by molar-refractivity contribution is -0.384. The number of ether oxygens (including phenoxy) is 1. The standard InChI is InChI=1S/C35H27Cl2N3O4/c36-31-17-11-26(19-32(31)37)23-44-29-15-12-27(13-16-29)34-38(21-24-7-3-1-4-8-24)33-18-14-28(40(42)43)20-30(33)35(41)39(34)22-25-9-5-2-6-10-25/h1-20,34H,21-23H2/t34-/m0/s1. The lowest BCUT2D eigenvalue weighted by atomic mass is 9.98. The smallest absolute Gasteiger partial charge is 0.270 e. The van der Waals surface area contributed by atoms with Gasteiger partial charge in [-0.25, -0.2) is 0 Å². The summed E-state index contributed by atoms with van der Waals surface area (Å²) in [6.45, 7) is 1.10. The van der Waals surface area contributed by atoms with E-state index in [-0.39, 0.29) is 11.6 Å². The Morgan fingerprint density at radius 2 is 1.34 bits per heavy atom. The van der Waals surface area contributed by atoms with Crippen LogP contribution in [0, 0.1) is 10.1 Å². The minimum atomic E-state index is -0.499. The second kappa shape index (κ2) is 12.8. The molecule has 1 atom stereocenters. The predicted octanol–water partition coefficient (Wildman–Crippen LogP) is 8.84. The van der Waals surface area contributed by atoms with Gasteiger partial charge in [-0.3, -0.25) is 14.9 Å². The van der Waals surface area contributed by atoms with Crippen LogP contribution in [-0.2, 0) is 19.7 Å². The van der Waals surface area contributed by atoms with Crippen molar-refractivity contribution >= 4 is 40.5 Å². The van der Waals surface area contributed by atoms with E-state index in [0.717, 1.165) is 22.3 Å². The molecule has 1 heterocycles. The molecule has 0 N–H and O–H groups in total. The molecule has 0 unspecified atom stereocenters. The van der Waals surface area contributed by atoms with Crippen LogP contribution in [0.4, 0.5) is 11.4 Å². The van der Waals surface area contributed by atoms with Crippen LogP contribution < -0.4 is 9.64 Å². The molecule has 0 fully saturated rings. The molecule has 6 rings (SSSR count). The average molecular weight is 625 g/mol. The number of fused-ring (bicyclic) bond motifs is 1. The topological polar surface area (TPSA) is 75.9 Å². The van der Waals surface area contributed by atoms with Crippen molar-refractivity contribution in [1.82, 2.24) is 4.90 Å². The van der Waals surface area contributed by atoms with Crippen molar-refractivity contribution in [3.8, 4) is 5.75 Å². The predicted molar refractivity (Wildman–Crippen MR) is 172 cm³/mol. The maximum Gasteiger partial charge on any atom is 0.270 e. The number of amides is 1. The molecule has 1 amide bonds. The SMILES string of the molecule is O=C1c2cc([N+](=O)[O-])ccc2N(Cc2ccccc2)[C@H](c2ccc(OCc3ccc(Cl)c(Cl)c3)cc2)N1Cc1ccccc1. The number of nitro benzene ring substituents is 1. The number of hydrogen-bond acceptors (Lipinski definition) is 5. The molecule has 5 aromatic rings. The van der Waals surface area contributed by atoms with E-state index >= 15 is 0 Å². The van der Waals surface area contributed by atoms with Gasteiger partial charge in [0, 0.05) is 25.2 Å². The summed E-state index contributed by atoms with van der Waals surface area (Å²) in [6, 6.07) is 37.2. The normalized spacial score (nSPS) is 14.3. The van der Waals surface area contributed by atoms with Gasteiger partial charge in [-0.1, -0.05) is 102 Å². The number of anilines is 1. The summed E-state index contributed by atoms with van der Waals surface area (Å²) >= 11 is 12.2. The number of carbonyl (C=O) groups excluding carboxylic acids is 1. The van der Waals surface area contributed by atoms with Gasteiger partial charge in [-0.05, 0) is 52.6 Å². The van der Waals surface area contributed by atoms with Gasteiger partial charge in [0.05, 0.1) is 26.2 Å². The summed E-state index contributed by atoms with van der Waals surface area (Å²) in [5, 5.41) is 12.6. The molecule has 0 spiro atoms. The second-order valence-corrected chi connectivity index (χ2v) is 11.3. The van der Waals surface area contributed by atoms with Crippen LogP contribution in [-0.4, -0.2) is 15.7 Å². The lowest BCUT2D eigenvalue weighted by Crippen LogP contribution is -2.48. The average Bonchev–Trinajstić information content (AvgIpc) is 3.05. The van der Waals surface area contributed by atoms with Crippen molar-refractivity contribution in [3.63, 3.8) is 0 Å². The van der Waals surface area contributed by atoms with Gasteiger partial charge in [0.15, 0.2) is 0 Å². The Hall–Kier alpha value is -4.85. The molecule has 1 aliphatic rings. The third-order valence-electron chi connectivity index (χ3n) is 7.54. The van der Waals surface area contributed by atoms with E-state index in [2.05, 4.69) is 4.90 Å². The minimum Gasteiger partial charge on any atom is -0.489 e. The van der Waals surface area contributed by atoms with Gasteiger partial charge in [0.2, 0.25) is 0 Å². The van der Waals surface area contributed by atoms with E-state index in [1.54, 1.807) is 23.1 Å². The maximum atomic E-state index is 14.2. The number of nitro groups is 1. The summed E-state index contributed by atoms with van der Waals surface area (Å²) in [6.07, 6.45) is -0.499. The third-order valence-corrected chi connectivity index (χ3v) is 8.28. The third kappa shape index (κ3) is 6.25. The van der Waals surface area contributed by atoms with Crippen molar-refractivity contribution in [3.05, 3.63) is 169 Å². The van der Waals surface area contributed by atoms with Gasteiger partial charge in [-0.15, -0.1) is 0 Å². The van der Waals surface area contributed by atoms with Crippen LogP contribution >= 0.6 is 23.2 Å². The molecule has 0 radical (unpaired) electrons. The summed E-state index contributed by atoms with van der Waals surface area (Å²) in [4.78, 5) is 29.3. The van der Waals surface area contributed by atoms with Crippen molar-refractivity contribution in [2.45, 2.75) is 25.9 Å². The van der Waals surface area contributed by atoms with Crippen LogP contribution in [0.2, 0.25) is 10.0 Å². The fourth-order valence-electron chi connectivity index (χ4n) is 5.41. The first kappa shape index (κ1) is 29.2. The molecule has 220 valence electrons. The molecule has 5 aromatic carbocycles. The number of carbonyl (C=O) groups is 1. The molecule has 0 saturated carbocycles. The molecule has 1 aliphatic heterocycles. The number of nitrogens with zero attached hydrogens (tertiary/aromatic N) is 3. The van der Waals surface area contributed by atoms with E-state index < -0.39 is 11.1 Å². The van der Waals surface area contributed by atoms with Gasteiger partial charge in [0.25, 0.3) is 11.6 Å². The lowest BCUT2D eigenvalue weighted by Gasteiger charge is -2.46. The zero-order chi connectivity index (χ0) is 30.6. The summed E-state index contributed by atoms with van der Waals surface area (Å²) in [5.74, 6) is 0.379. The van der Waals surface area contributed by atoms with E-state index in [4.69, 9.17) is 27.9 Å². The molecule has 0 saturated heterocycles. The fourth-order valence-corrected chi connectivity index (χ4v) is 5.73. The zero-order valence-corrected chi connectivity index (χ0v) is 25.0. The Morgan fingerprint density at radius 3 is 1.95 bits per heavy atom. The number of non-ortho nitro benzene ring substituents is 1. The zero-order valence-electron chi connectivity index (χ0n) is 23.5. The summed E-state index contributed by atoms with van der Waals surface area (Å²) in [7, 11) is 0. The van der Waals surface area contributed by atoms with Crippen molar-refractivity contribution in [1.29, 1.82) is 0 Å². The van der Waals surface area contributed by atoms with Crippen LogP contribution in [0.25, 0.3) is 0 Å². The number of halogens is 2. The second-order valence-electron chi connectivity index (χ2n) is 10.5. The molecular weight excluding hydrogens is 597 g/mol. The Labute approximate surface area is 265 Å². The van der Waals surface area contributed by atoms with Crippen LogP contribution in [0.1, 0.15) is 38.8 Å². The highest BCUT2D eigenvalue weighted by Crippen LogP contribution is 2.42. The number of rotatable bonds is 9. The molecular formula is C35H27Cl2N3O4. The Bertz CT molecular complexity index is 1800. The Kier molecular flexibility index (Phi) is 8.50. The van der Waals surface area contributed by atoms with E-state index in [1.165, 1.54) is 12.1 Å². The number of benzene rings is 5. The van der Waals surface area contributed by atoms with Gasteiger partial charge in [0.1, 0.15) is 18.5 Å². The number of hydrogen-bond donors (Lipinski definition) is 0. The van der Waals surface area contributed by atoms with E-state index in [1.807, 2.05) is 91.0 Å². The summed E-state index contributed by atoms with van der Waals surface area (Å²) in [5.41, 5.74) is 4.55. The van der Waals surface area contributed by atoms with Crippen molar-refractivity contribution < 1.29 is 14.5 Å². The molecule has 0 aliphatic carbocycles.